The molecule has 0 bridgehead atoms. The summed E-state index contributed by atoms with van der Waals surface area (Å²) >= 11 is 0. The average Bonchev–Trinajstić information content (AvgIpc) is 3.13. The number of nitrogens with one attached hydrogen (secondary N) is 2. The molecule has 301 valence electrons. The molecule has 0 saturated carbocycles. The molecule has 1 atom stereocenters. The van der Waals surface area contributed by atoms with Crippen molar-refractivity contribution in [3.05, 3.63) is 54.4 Å². The molecule has 53 heavy (non-hydrogen) atoms. The van der Waals surface area contributed by atoms with Gasteiger partial charge >= 0.3 is 0 Å². The van der Waals surface area contributed by atoms with Gasteiger partial charge in [0.15, 0.2) is 6.10 Å². The summed E-state index contributed by atoms with van der Waals surface area (Å²) in [6.07, 6.45) is 22.4. The molecule has 8 nitrogen and oxygen atoms in total. The van der Waals surface area contributed by atoms with Crippen LogP contribution in [0, 0.1) is 6.42 Å². The van der Waals surface area contributed by atoms with Gasteiger partial charge in [-0.3, -0.25) is 9.52 Å². The zero-order valence-corrected chi connectivity index (χ0v) is 34.7. The highest BCUT2D eigenvalue weighted by molar-refractivity contribution is 7.92. The van der Waals surface area contributed by atoms with E-state index >= 15 is 0 Å². The third-order valence-corrected chi connectivity index (χ3v) is 11.3. The molecule has 3 N–H and O–H groups in total. The molecule has 2 aromatic rings. The standard InChI is InChI=1S/C44H73N2O6S/c1-6-9-12-14-16-17-18-20-28-41(43(48)45-32-22-23-33-47)52-39-27-25-26-38(36-39)46-53(49,50)42-35-37(44(4,5)31-21-11-8-3)29-30-40(42)51-34-24-19-15-13-10-7-2/h22,25-27,29-30,35-36,41,46-47H,6-21,23-24,28,31-34H2,1-5H3,(H,45,48). The number of carbonyl (C=O) groups is 1. The van der Waals surface area contributed by atoms with Gasteiger partial charge in [0.25, 0.3) is 15.9 Å². The maximum Gasteiger partial charge on any atom is 0.265 e. The molecule has 0 aliphatic rings. The van der Waals surface area contributed by atoms with Crippen molar-refractivity contribution < 1.29 is 27.8 Å². The molecule has 1 radical (unpaired) electrons. The molecular formula is C44H73N2O6S. The Balaban J connectivity index is 2.25. The minimum Gasteiger partial charge on any atom is -0.492 e. The van der Waals surface area contributed by atoms with Gasteiger partial charge in [0, 0.05) is 19.2 Å². The molecule has 0 heterocycles. The van der Waals surface area contributed by atoms with Crippen LogP contribution in [0.15, 0.2) is 47.4 Å². The molecule has 0 aliphatic carbocycles. The summed E-state index contributed by atoms with van der Waals surface area (Å²) in [5, 5.41) is 12.0. The number of anilines is 1. The van der Waals surface area contributed by atoms with E-state index in [2.05, 4.69) is 44.7 Å². The van der Waals surface area contributed by atoms with E-state index in [-0.39, 0.29) is 22.8 Å². The Morgan fingerprint density at radius 3 is 2.09 bits per heavy atom. The van der Waals surface area contributed by atoms with E-state index in [1.165, 1.54) is 51.4 Å². The van der Waals surface area contributed by atoms with Crippen molar-refractivity contribution in [1.82, 2.24) is 5.32 Å². The van der Waals surface area contributed by atoms with Gasteiger partial charge in [-0.25, -0.2) is 8.42 Å². The van der Waals surface area contributed by atoms with Crippen LogP contribution < -0.4 is 19.5 Å². The number of rotatable bonds is 32. The van der Waals surface area contributed by atoms with E-state index in [9.17, 15) is 13.2 Å². The number of hydrogen-bond donors (Lipinski definition) is 3. The van der Waals surface area contributed by atoms with Crippen molar-refractivity contribution in [2.75, 3.05) is 24.5 Å². The largest absolute Gasteiger partial charge is 0.492 e. The molecule has 0 fully saturated rings. The lowest BCUT2D eigenvalue weighted by Gasteiger charge is -2.26. The van der Waals surface area contributed by atoms with Gasteiger partial charge in [0.05, 0.1) is 12.3 Å². The number of aliphatic hydroxyl groups is 1. The summed E-state index contributed by atoms with van der Waals surface area (Å²) in [5.74, 6) is 0.542. The maximum atomic E-state index is 14.2. The highest BCUT2D eigenvalue weighted by atomic mass is 32.2. The van der Waals surface area contributed by atoms with Gasteiger partial charge in [0.2, 0.25) is 0 Å². The second-order valence-electron chi connectivity index (χ2n) is 15.2. The Hall–Kier alpha value is -2.78. The number of ether oxygens (including phenoxy) is 2. The van der Waals surface area contributed by atoms with E-state index < -0.39 is 16.1 Å². The minimum atomic E-state index is -4.05. The smallest absolute Gasteiger partial charge is 0.265 e. The molecule has 2 aromatic carbocycles. The number of sulfonamides is 1. The lowest BCUT2D eigenvalue weighted by molar-refractivity contribution is -0.128. The van der Waals surface area contributed by atoms with Gasteiger partial charge in [-0.1, -0.05) is 143 Å². The van der Waals surface area contributed by atoms with Crippen LogP contribution in [-0.2, 0) is 20.2 Å². The maximum absolute atomic E-state index is 14.2. The fourth-order valence-electron chi connectivity index (χ4n) is 6.48. The van der Waals surface area contributed by atoms with Gasteiger partial charge in [-0.15, -0.1) is 0 Å². The summed E-state index contributed by atoms with van der Waals surface area (Å²) in [5.41, 5.74) is 1.11. The fourth-order valence-corrected chi connectivity index (χ4v) is 7.70. The molecule has 0 aromatic heterocycles. The van der Waals surface area contributed by atoms with E-state index in [4.69, 9.17) is 14.6 Å². The second-order valence-corrected chi connectivity index (χ2v) is 16.8. The minimum absolute atomic E-state index is 0.0323. The first kappa shape index (κ1) is 46.4. The lowest BCUT2D eigenvalue weighted by Crippen LogP contribution is -2.39. The number of unbranched alkanes of at least 4 members (excludes halogenated alkanes) is 15. The fraction of sp³-hybridized carbons (Fsp3) is 0.682. The molecule has 2 rings (SSSR count). The SMILES string of the molecule is CCCCCCCCCCC(Oc1cccc(NS(=O)(=O)c2cc(C(C)(C)CCCCC)ccc2OCCCCCCCC)c1)C(=O)NC[CH]CCO. The van der Waals surface area contributed by atoms with Crippen molar-refractivity contribution in [3.8, 4) is 11.5 Å². The van der Waals surface area contributed by atoms with Crippen molar-refractivity contribution in [1.29, 1.82) is 0 Å². The summed E-state index contributed by atoms with van der Waals surface area (Å²) in [6.45, 7) is 11.8. The molecular weight excluding hydrogens is 685 g/mol. The van der Waals surface area contributed by atoms with Gasteiger partial charge < -0.3 is 19.9 Å². The van der Waals surface area contributed by atoms with Crippen molar-refractivity contribution in [3.63, 3.8) is 0 Å². The van der Waals surface area contributed by atoms with Crippen LogP contribution >= 0.6 is 0 Å². The summed E-state index contributed by atoms with van der Waals surface area (Å²) < 4.78 is 43.5. The van der Waals surface area contributed by atoms with Crippen molar-refractivity contribution in [2.24, 2.45) is 0 Å². The van der Waals surface area contributed by atoms with Crippen LogP contribution in [0.4, 0.5) is 5.69 Å². The number of aliphatic hydroxyl groups excluding tert-OH is 1. The van der Waals surface area contributed by atoms with E-state index in [0.29, 0.717) is 43.2 Å². The third kappa shape index (κ3) is 18.9. The predicted octanol–water partition coefficient (Wildman–Crippen LogP) is 11.1. The van der Waals surface area contributed by atoms with Crippen molar-refractivity contribution >= 4 is 21.6 Å². The first-order chi connectivity index (χ1) is 25.6. The Bertz CT molecular complexity index is 1380. The van der Waals surface area contributed by atoms with Crippen LogP contribution in [0.5, 0.6) is 11.5 Å². The van der Waals surface area contributed by atoms with Gasteiger partial charge in [-0.05, 0) is 73.8 Å². The zero-order valence-electron chi connectivity index (χ0n) is 33.9. The molecule has 1 unspecified atom stereocenters. The summed E-state index contributed by atoms with van der Waals surface area (Å²) in [6, 6.07) is 12.4. The number of carbonyl (C=O) groups excluding carboxylic acids is 1. The van der Waals surface area contributed by atoms with Crippen LogP contribution in [-0.4, -0.2) is 45.3 Å². The number of amides is 1. The second kappa shape index (κ2) is 26.9. The first-order valence-corrected chi connectivity index (χ1v) is 22.3. The van der Waals surface area contributed by atoms with Crippen LogP contribution in [0.3, 0.4) is 0 Å². The first-order valence-electron chi connectivity index (χ1n) is 20.8. The summed E-state index contributed by atoms with van der Waals surface area (Å²) in [7, 11) is -4.05. The van der Waals surface area contributed by atoms with Crippen LogP contribution in [0.2, 0.25) is 0 Å². The Kier molecular flexibility index (Phi) is 23.5. The summed E-state index contributed by atoms with van der Waals surface area (Å²) in [4.78, 5) is 13.3. The Morgan fingerprint density at radius 1 is 0.811 bits per heavy atom. The topological polar surface area (TPSA) is 114 Å². The van der Waals surface area contributed by atoms with E-state index in [0.717, 1.165) is 69.8 Å². The van der Waals surface area contributed by atoms with Crippen molar-refractivity contribution in [2.45, 2.75) is 179 Å². The molecule has 0 saturated heterocycles. The van der Waals surface area contributed by atoms with Crippen LogP contribution in [0.25, 0.3) is 0 Å². The van der Waals surface area contributed by atoms with E-state index in [1.807, 2.05) is 18.6 Å². The molecule has 0 spiro atoms. The average molecular weight is 758 g/mol. The molecule has 1 amide bonds. The molecule has 0 aliphatic heterocycles. The van der Waals surface area contributed by atoms with Crippen LogP contribution in [0.1, 0.15) is 169 Å². The van der Waals surface area contributed by atoms with E-state index in [1.54, 1.807) is 30.3 Å². The third-order valence-electron chi connectivity index (χ3n) is 9.91. The predicted molar refractivity (Wildman–Crippen MR) is 220 cm³/mol. The Morgan fingerprint density at radius 2 is 1.43 bits per heavy atom. The Labute approximate surface area is 323 Å². The number of hydrogen-bond acceptors (Lipinski definition) is 6. The normalized spacial score (nSPS) is 12.4. The van der Waals surface area contributed by atoms with Gasteiger partial charge in [0.1, 0.15) is 16.4 Å². The van der Waals surface area contributed by atoms with Gasteiger partial charge in [-0.2, -0.15) is 0 Å². The highest BCUT2D eigenvalue weighted by Crippen LogP contribution is 2.35. The lowest BCUT2D eigenvalue weighted by atomic mass is 9.80. The number of benzene rings is 2. The monoisotopic (exact) mass is 758 g/mol. The zero-order chi connectivity index (χ0) is 38.8. The quantitative estimate of drug-likeness (QED) is 0.0640. The highest BCUT2D eigenvalue weighted by Gasteiger charge is 2.27. The molecule has 9 heteroatoms.